The number of aromatic nitrogens is 1. The number of morpholine rings is 2. The van der Waals surface area contributed by atoms with Gasteiger partial charge in [0.1, 0.15) is 5.82 Å². The molecule has 130 valence electrons. The number of amides is 1. The summed E-state index contributed by atoms with van der Waals surface area (Å²) in [5.74, 6) is 0.291. The molecule has 0 aromatic carbocycles. The third kappa shape index (κ3) is 3.39. The summed E-state index contributed by atoms with van der Waals surface area (Å²) in [6, 6.07) is 2.86. The lowest BCUT2D eigenvalue weighted by molar-refractivity contribution is -0.384. The Labute approximate surface area is 138 Å². The Bertz CT molecular complexity index is 634. The van der Waals surface area contributed by atoms with Crippen LogP contribution in [0.3, 0.4) is 0 Å². The van der Waals surface area contributed by atoms with Gasteiger partial charge in [0.05, 0.1) is 31.3 Å². The predicted octanol–water partition coefficient (Wildman–Crippen LogP) is -0.364. The van der Waals surface area contributed by atoms with Crippen LogP contribution in [-0.4, -0.2) is 72.8 Å². The fourth-order valence-corrected chi connectivity index (χ4v) is 2.78. The zero-order chi connectivity index (χ0) is 17.1. The molecule has 3 heterocycles. The van der Waals surface area contributed by atoms with Crippen LogP contribution in [0.2, 0.25) is 0 Å². The highest BCUT2D eigenvalue weighted by molar-refractivity contribution is 5.82. The number of hydrogen-bond donors (Lipinski definition) is 1. The van der Waals surface area contributed by atoms with Gasteiger partial charge in [0.15, 0.2) is 6.10 Å². The first-order valence-electron chi connectivity index (χ1n) is 7.70. The highest BCUT2D eigenvalue weighted by Crippen LogP contribution is 2.24. The molecule has 0 bridgehead atoms. The molecule has 1 aromatic rings. The molecule has 2 aliphatic heterocycles. The average molecular weight is 337 g/mol. The van der Waals surface area contributed by atoms with E-state index in [4.69, 9.17) is 15.2 Å². The van der Waals surface area contributed by atoms with Gasteiger partial charge in [0.2, 0.25) is 5.82 Å². The summed E-state index contributed by atoms with van der Waals surface area (Å²) in [5, 5.41) is 10.8. The monoisotopic (exact) mass is 337 g/mol. The normalized spacial score (nSPS) is 21.6. The van der Waals surface area contributed by atoms with Crippen molar-refractivity contribution in [2.75, 3.05) is 56.6 Å². The lowest BCUT2D eigenvalue weighted by Gasteiger charge is -2.36. The Morgan fingerprint density at radius 3 is 2.71 bits per heavy atom. The number of nitro groups is 1. The second kappa shape index (κ2) is 6.97. The molecule has 1 atom stereocenters. The summed E-state index contributed by atoms with van der Waals surface area (Å²) in [5.41, 5.74) is 5.41. The highest BCUT2D eigenvalue weighted by atomic mass is 16.6. The van der Waals surface area contributed by atoms with Crippen LogP contribution in [0, 0.1) is 10.1 Å². The zero-order valence-electron chi connectivity index (χ0n) is 13.1. The van der Waals surface area contributed by atoms with E-state index in [0.717, 1.165) is 0 Å². The van der Waals surface area contributed by atoms with Crippen LogP contribution < -0.4 is 10.6 Å². The van der Waals surface area contributed by atoms with Gasteiger partial charge in [0.25, 0.3) is 5.91 Å². The fraction of sp³-hybridized carbons (Fsp3) is 0.571. The van der Waals surface area contributed by atoms with E-state index in [-0.39, 0.29) is 17.4 Å². The summed E-state index contributed by atoms with van der Waals surface area (Å²) in [4.78, 5) is 30.4. The van der Waals surface area contributed by atoms with Crippen LogP contribution in [0.25, 0.3) is 0 Å². The summed E-state index contributed by atoms with van der Waals surface area (Å²) < 4.78 is 10.8. The number of nitrogens with zero attached hydrogens (tertiary/aromatic N) is 4. The van der Waals surface area contributed by atoms with Crippen molar-refractivity contribution in [3.8, 4) is 0 Å². The van der Waals surface area contributed by atoms with Crippen molar-refractivity contribution >= 4 is 23.2 Å². The van der Waals surface area contributed by atoms with Crippen LogP contribution >= 0.6 is 0 Å². The SMILES string of the molecule is Nc1nc(N2CCOC(C(=O)N3CCOCC3)C2)ccc1[N+](=O)[O-]. The second-order valence-electron chi connectivity index (χ2n) is 5.57. The first-order valence-corrected chi connectivity index (χ1v) is 7.70. The molecule has 3 rings (SSSR count). The molecule has 1 amide bonds. The fourth-order valence-electron chi connectivity index (χ4n) is 2.78. The van der Waals surface area contributed by atoms with Crippen molar-refractivity contribution in [2.24, 2.45) is 0 Å². The molecule has 2 fully saturated rings. The summed E-state index contributed by atoms with van der Waals surface area (Å²) in [6.45, 7) is 3.42. The molecule has 0 radical (unpaired) electrons. The van der Waals surface area contributed by atoms with E-state index in [2.05, 4.69) is 4.98 Å². The predicted molar refractivity (Wildman–Crippen MR) is 84.7 cm³/mol. The van der Waals surface area contributed by atoms with E-state index < -0.39 is 11.0 Å². The molecule has 0 aliphatic carbocycles. The van der Waals surface area contributed by atoms with Crippen molar-refractivity contribution in [1.82, 2.24) is 9.88 Å². The van der Waals surface area contributed by atoms with Gasteiger partial charge >= 0.3 is 5.69 Å². The maximum atomic E-state index is 12.5. The van der Waals surface area contributed by atoms with E-state index in [9.17, 15) is 14.9 Å². The van der Waals surface area contributed by atoms with E-state index in [1.165, 1.54) is 12.1 Å². The van der Waals surface area contributed by atoms with Gasteiger partial charge < -0.3 is 25.0 Å². The molecular formula is C14H19N5O5. The standard InChI is InChI=1S/C14H19N5O5/c15-13-10(19(21)22)1-2-12(16-13)18-5-8-24-11(9-18)14(20)17-3-6-23-7-4-17/h1-2,11H,3-9H2,(H2,15,16). The summed E-state index contributed by atoms with van der Waals surface area (Å²) >= 11 is 0. The first-order chi connectivity index (χ1) is 11.6. The van der Waals surface area contributed by atoms with Gasteiger partial charge in [-0.2, -0.15) is 0 Å². The van der Waals surface area contributed by atoms with E-state index in [0.29, 0.717) is 51.8 Å². The first kappa shape index (κ1) is 16.4. The summed E-state index contributed by atoms with van der Waals surface area (Å²) in [7, 11) is 0. The molecule has 2 saturated heterocycles. The molecule has 0 saturated carbocycles. The number of hydrogen-bond acceptors (Lipinski definition) is 8. The quantitative estimate of drug-likeness (QED) is 0.585. The third-order valence-corrected chi connectivity index (χ3v) is 4.07. The Hall–Kier alpha value is -2.46. The minimum absolute atomic E-state index is 0.0714. The van der Waals surface area contributed by atoms with E-state index in [1.54, 1.807) is 4.90 Å². The van der Waals surface area contributed by atoms with Crippen LogP contribution in [0.15, 0.2) is 12.1 Å². The Morgan fingerprint density at radius 2 is 2.04 bits per heavy atom. The molecule has 1 unspecified atom stereocenters. The van der Waals surface area contributed by atoms with Crippen molar-refractivity contribution in [3.05, 3.63) is 22.2 Å². The number of nitrogen functional groups attached to an aromatic ring is 1. The zero-order valence-corrected chi connectivity index (χ0v) is 13.1. The summed E-state index contributed by atoms with van der Waals surface area (Å²) in [6.07, 6.45) is -0.588. The van der Waals surface area contributed by atoms with Gasteiger partial charge in [-0.05, 0) is 6.07 Å². The number of pyridine rings is 1. The van der Waals surface area contributed by atoms with Gasteiger partial charge in [-0.25, -0.2) is 4.98 Å². The van der Waals surface area contributed by atoms with Crippen molar-refractivity contribution in [3.63, 3.8) is 0 Å². The van der Waals surface area contributed by atoms with Crippen molar-refractivity contribution < 1.29 is 19.2 Å². The Kier molecular flexibility index (Phi) is 4.76. The van der Waals surface area contributed by atoms with Crippen LogP contribution in [0.1, 0.15) is 0 Å². The van der Waals surface area contributed by atoms with Crippen LogP contribution in [0.4, 0.5) is 17.3 Å². The maximum Gasteiger partial charge on any atom is 0.311 e. The highest BCUT2D eigenvalue weighted by Gasteiger charge is 2.32. The van der Waals surface area contributed by atoms with Gasteiger partial charge in [0, 0.05) is 25.7 Å². The number of carbonyl (C=O) groups excluding carboxylic acids is 1. The lowest BCUT2D eigenvalue weighted by Crippen LogP contribution is -2.53. The minimum atomic E-state index is -0.588. The van der Waals surface area contributed by atoms with E-state index in [1.807, 2.05) is 4.90 Å². The Balaban J connectivity index is 1.70. The van der Waals surface area contributed by atoms with E-state index >= 15 is 0 Å². The molecule has 24 heavy (non-hydrogen) atoms. The molecule has 0 spiro atoms. The second-order valence-corrected chi connectivity index (χ2v) is 5.57. The molecule has 10 nitrogen and oxygen atoms in total. The molecule has 2 aliphatic rings. The van der Waals surface area contributed by atoms with Crippen molar-refractivity contribution in [2.45, 2.75) is 6.10 Å². The number of nitrogens with two attached hydrogens (primary N) is 1. The molecule has 10 heteroatoms. The number of ether oxygens (including phenoxy) is 2. The smallest absolute Gasteiger partial charge is 0.311 e. The van der Waals surface area contributed by atoms with Crippen LogP contribution in [-0.2, 0) is 14.3 Å². The molecule has 2 N–H and O–H groups in total. The lowest BCUT2D eigenvalue weighted by atomic mass is 10.2. The van der Waals surface area contributed by atoms with Gasteiger partial charge in [-0.3, -0.25) is 14.9 Å². The molecule has 1 aromatic heterocycles. The van der Waals surface area contributed by atoms with Crippen LogP contribution in [0.5, 0.6) is 0 Å². The molecular weight excluding hydrogens is 318 g/mol. The minimum Gasteiger partial charge on any atom is -0.378 e. The number of anilines is 2. The van der Waals surface area contributed by atoms with Gasteiger partial charge in [-0.1, -0.05) is 0 Å². The Morgan fingerprint density at radius 1 is 1.29 bits per heavy atom. The van der Waals surface area contributed by atoms with Crippen molar-refractivity contribution in [1.29, 1.82) is 0 Å². The van der Waals surface area contributed by atoms with Gasteiger partial charge in [-0.15, -0.1) is 0 Å². The maximum absolute atomic E-state index is 12.5. The topological polar surface area (TPSA) is 124 Å². The third-order valence-electron chi connectivity index (χ3n) is 4.07. The number of carbonyl (C=O) groups is 1. The largest absolute Gasteiger partial charge is 0.378 e. The number of rotatable bonds is 3. The average Bonchev–Trinajstić information content (AvgIpc) is 2.61.